The summed E-state index contributed by atoms with van der Waals surface area (Å²) in [6, 6.07) is 14.9. The van der Waals surface area contributed by atoms with Crippen molar-refractivity contribution >= 4 is 49.3 Å². The van der Waals surface area contributed by atoms with Crippen LogP contribution in [0, 0.1) is 5.82 Å². The highest BCUT2D eigenvalue weighted by Crippen LogP contribution is 2.36. The van der Waals surface area contributed by atoms with Crippen molar-refractivity contribution in [3.05, 3.63) is 71.5 Å². The number of anilines is 1. The van der Waals surface area contributed by atoms with Crippen LogP contribution in [-0.2, 0) is 0 Å². The predicted molar refractivity (Wildman–Crippen MR) is 94.7 cm³/mol. The molecule has 1 aliphatic rings. The topological polar surface area (TPSA) is 50.3 Å². The minimum Gasteiger partial charge on any atom is -0.268 e. The van der Waals surface area contributed by atoms with Gasteiger partial charge in [0.15, 0.2) is 0 Å². The van der Waals surface area contributed by atoms with Crippen molar-refractivity contribution in [2.24, 2.45) is 0 Å². The molecule has 120 valence electrons. The average Bonchev–Trinajstić information content (AvgIpc) is 3.02. The lowest BCUT2D eigenvalue weighted by Gasteiger charge is -2.24. The maximum absolute atomic E-state index is 13.4. The molecule has 0 spiro atoms. The van der Waals surface area contributed by atoms with E-state index in [1.165, 1.54) is 18.2 Å². The van der Waals surface area contributed by atoms with Crippen molar-refractivity contribution in [3.63, 3.8) is 0 Å². The summed E-state index contributed by atoms with van der Waals surface area (Å²) in [6.45, 7) is 0. The van der Waals surface area contributed by atoms with Crippen LogP contribution in [0.4, 0.5) is 9.52 Å². The molecule has 5 rings (SSSR count). The summed E-state index contributed by atoms with van der Waals surface area (Å²) in [5, 5.41) is 1.77. The largest absolute Gasteiger partial charge is 0.268 e. The Bertz CT molecular complexity index is 1160. The van der Waals surface area contributed by atoms with Gasteiger partial charge in [0.05, 0.1) is 10.2 Å². The van der Waals surface area contributed by atoms with Gasteiger partial charge in [0.25, 0.3) is 11.8 Å². The molecule has 0 N–H and O–H groups in total. The third kappa shape index (κ3) is 1.94. The maximum atomic E-state index is 13.4. The molecule has 0 aliphatic carbocycles. The first-order valence-electron chi connectivity index (χ1n) is 7.60. The van der Waals surface area contributed by atoms with Crippen LogP contribution in [0.1, 0.15) is 20.7 Å². The summed E-state index contributed by atoms with van der Waals surface area (Å²) in [5.41, 5.74) is 1.50. The number of benzene rings is 3. The summed E-state index contributed by atoms with van der Waals surface area (Å²) in [6.07, 6.45) is 0. The fourth-order valence-corrected chi connectivity index (χ4v) is 4.17. The molecule has 0 saturated heterocycles. The molecule has 0 fully saturated rings. The molecule has 25 heavy (non-hydrogen) atoms. The van der Waals surface area contributed by atoms with Crippen molar-refractivity contribution in [1.82, 2.24) is 4.98 Å². The van der Waals surface area contributed by atoms with Gasteiger partial charge in [-0.15, -0.1) is 0 Å². The fourth-order valence-electron chi connectivity index (χ4n) is 3.19. The first-order valence-corrected chi connectivity index (χ1v) is 8.42. The molecular weight excluding hydrogens is 339 g/mol. The van der Waals surface area contributed by atoms with E-state index in [9.17, 15) is 14.0 Å². The number of carbonyl (C=O) groups excluding carboxylic acids is 2. The molecule has 0 atom stereocenters. The van der Waals surface area contributed by atoms with Crippen LogP contribution in [0.3, 0.4) is 0 Å². The second-order valence-electron chi connectivity index (χ2n) is 5.76. The molecule has 1 aliphatic heterocycles. The van der Waals surface area contributed by atoms with Gasteiger partial charge in [-0.1, -0.05) is 35.6 Å². The third-order valence-electron chi connectivity index (χ3n) is 4.30. The second kappa shape index (κ2) is 4.94. The molecule has 0 saturated carbocycles. The minimum absolute atomic E-state index is 0.252. The van der Waals surface area contributed by atoms with Crippen LogP contribution in [0.2, 0.25) is 0 Å². The van der Waals surface area contributed by atoms with Crippen LogP contribution >= 0.6 is 11.3 Å². The van der Waals surface area contributed by atoms with Crippen LogP contribution in [0.25, 0.3) is 21.0 Å². The number of rotatable bonds is 1. The lowest BCUT2D eigenvalue weighted by molar-refractivity contribution is 0.0893. The highest BCUT2D eigenvalue weighted by molar-refractivity contribution is 7.22. The first-order chi connectivity index (χ1) is 12.1. The molecule has 1 aromatic heterocycles. The number of imide groups is 1. The summed E-state index contributed by atoms with van der Waals surface area (Å²) >= 11 is 1.12. The molecule has 6 heteroatoms. The van der Waals surface area contributed by atoms with E-state index < -0.39 is 11.8 Å². The number of halogens is 1. The van der Waals surface area contributed by atoms with Gasteiger partial charge < -0.3 is 0 Å². The Hall–Kier alpha value is -3.12. The van der Waals surface area contributed by atoms with Crippen LogP contribution < -0.4 is 4.90 Å². The van der Waals surface area contributed by atoms with E-state index in [1.807, 2.05) is 12.1 Å². The number of amides is 2. The Morgan fingerprint density at radius 2 is 1.60 bits per heavy atom. The minimum atomic E-state index is -0.408. The van der Waals surface area contributed by atoms with Gasteiger partial charge in [0.2, 0.25) is 5.13 Å². The van der Waals surface area contributed by atoms with Crippen LogP contribution in [0.5, 0.6) is 0 Å². The fraction of sp³-hybridized carbons (Fsp3) is 0. The highest BCUT2D eigenvalue weighted by Gasteiger charge is 2.35. The van der Waals surface area contributed by atoms with Crippen molar-refractivity contribution in [1.29, 1.82) is 0 Å². The van der Waals surface area contributed by atoms with Crippen molar-refractivity contribution in [2.75, 3.05) is 4.90 Å². The van der Waals surface area contributed by atoms with E-state index in [2.05, 4.69) is 4.98 Å². The molecule has 0 radical (unpaired) electrons. The Labute approximate surface area is 145 Å². The molecule has 0 bridgehead atoms. The zero-order valence-electron chi connectivity index (χ0n) is 12.7. The van der Waals surface area contributed by atoms with E-state index in [-0.39, 0.29) is 10.9 Å². The molecule has 2 heterocycles. The number of hydrogen-bond acceptors (Lipinski definition) is 4. The van der Waals surface area contributed by atoms with Crippen molar-refractivity contribution in [2.45, 2.75) is 0 Å². The maximum Gasteiger partial charge on any atom is 0.267 e. The summed E-state index contributed by atoms with van der Waals surface area (Å²) < 4.78 is 14.0. The first kappa shape index (κ1) is 14.2. The Morgan fingerprint density at radius 1 is 0.920 bits per heavy atom. The van der Waals surface area contributed by atoms with E-state index in [0.717, 1.165) is 21.6 Å². The van der Waals surface area contributed by atoms with E-state index in [4.69, 9.17) is 0 Å². The number of hydrogen-bond donors (Lipinski definition) is 0. The Balaban J connectivity index is 1.75. The second-order valence-corrected chi connectivity index (χ2v) is 6.77. The summed E-state index contributed by atoms with van der Waals surface area (Å²) in [7, 11) is 0. The van der Waals surface area contributed by atoms with Gasteiger partial charge in [-0.05, 0) is 35.7 Å². The molecule has 2 amide bonds. The van der Waals surface area contributed by atoms with Crippen LogP contribution in [-0.4, -0.2) is 16.8 Å². The monoisotopic (exact) mass is 348 g/mol. The van der Waals surface area contributed by atoms with Gasteiger partial charge in [-0.3, -0.25) is 9.59 Å². The van der Waals surface area contributed by atoms with Crippen molar-refractivity contribution < 1.29 is 14.0 Å². The Morgan fingerprint density at radius 3 is 2.28 bits per heavy atom. The zero-order valence-corrected chi connectivity index (χ0v) is 13.5. The molecule has 4 aromatic rings. The van der Waals surface area contributed by atoms with Gasteiger partial charge in [0, 0.05) is 16.5 Å². The Kier molecular flexibility index (Phi) is 2.81. The molecule has 0 unspecified atom stereocenters. The molecule has 3 aromatic carbocycles. The van der Waals surface area contributed by atoms with Gasteiger partial charge in [0.1, 0.15) is 5.82 Å². The standard InChI is InChI=1S/C19H9FN2O2S/c20-11-7-8-14-15(9-11)25-19(21-14)22-17(23)12-5-1-3-10-4-2-6-13(16(10)12)18(22)24/h1-9H. The number of nitrogens with zero attached hydrogens (tertiary/aromatic N) is 2. The average molecular weight is 348 g/mol. The SMILES string of the molecule is O=C1c2cccc3cccc(c23)C(=O)N1c1nc2ccc(F)cc2s1. The summed E-state index contributed by atoms with van der Waals surface area (Å²) in [4.78, 5) is 31.3. The predicted octanol–water partition coefficient (Wildman–Crippen LogP) is 4.39. The number of fused-ring (bicyclic) bond motifs is 1. The smallest absolute Gasteiger partial charge is 0.267 e. The van der Waals surface area contributed by atoms with E-state index >= 15 is 0 Å². The third-order valence-corrected chi connectivity index (χ3v) is 5.31. The normalized spacial score (nSPS) is 13.9. The molecule has 4 nitrogen and oxygen atoms in total. The van der Waals surface area contributed by atoms with Crippen molar-refractivity contribution in [3.8, 4) is 0 Å². The lowest BCUT2D eigenvalue weighted by Crippen LogP contribution is -2.40. The molecular formula is C19H9FN2O2S. The van der Waals surface area contributed by atoms with E-state index in [0.29, 0.717) is 26.7 Å². The van der Waals surface area contributed by atoms with Crippen LogP contribution in [0.15, 0.2) is 54.6 Å². The highest BCUT2D eigenvalue weighted by atomic mass is 32.1. The zero-order chi connectivity index (χ0) is 17.1. The van der Waals surface area contributed by atoms with E-state index in [1.54, 1.807) is 24.3 Å². The number of aromatic nitrogens is 1. The number of carbonyl (C=O) groups is 2. The summed E-state index contributed by atoms with van der Waals surface area (Å²) in [5.74, 6) is -1.20. The quantitative estimate of drug-likeness (QED) is 0.479. The van der Waals surface area contributed by atoms with Gasteiger partial charge in [-0.2, -0.15) is 0 Å². The van der Waals surface area contributed by atoms with Gasteiger partial charge >= 0.3 is 0 Å². The lowest BCUT2D eigenvalue weighted by atomic mass is 9.94. The van der Waals surface area contributed by atoms with Gasteiger partial charge in [-0.25, -0.2) is 14.3 Å². The number of thiazole rings is 1.